The number of nitrogens with one attached hydrogen (secondary N) is 1. The molecule has 1 unspecified atom stereocenters. The van der Waals surface area contributed by atoms with Crippen molar-refractivity contribution in [1.29, 1.82) is 0 Å². The van der Waals surface area contributed by atoms with Crippen molar-refractivity contribution in [2.24, 2.45) is 0 Å². The molecule has 0 aromatic heterocycles. The van der Waals surface area contributed by atoms with Gasteiger partial charge in [0.05, 0.1) is 12.8 Å². The van der Waals surface area contributed by atoms with E-state index in [1.165, 1.54) is 29.8 Å². The number of carbonyl (C=O) groups excluding carboxylic acids is 1. The number of piperidine rings is 1. The first kappa shape index (κ1) is 20.4. The van der Waals surface area contributed by atoms with Crippen molar-refractivity contribution in [1.82, 2.24) is 14.5 Å². The fraction of sp³-hybridized carbons (Fsp3) is 0.938. The van der Waals surface area contributed by atoms with E-state index >= 15 is 0 Å². The molecule has 0 saturated carbocycles. The van der Waals surface area contributed by atoms with E-state index in [2.05, 4.69) is 17.1 Å². The van der Waals surface area contributed by atoms with Crippen LogP contribution in [0.5, 0.6) is 0 Å². The summed E-state index contributed by atoms with van der Waals surface area (Å²) in [4.78, 5) is 14.3. The Bertz CT molecular complexity index is 465. The van der Waals surface area contributed by atoms with E-state index in [0.717, 1.165) is 13.0 Å². The fourth-order valence-electron chi connectivity index (χ4n) is 3.24. The molecule has 1 rings (SSSR count). The highest BCUT2D eigenvalue weighted by Crippen LogP contribution is 2.18. The highest BCUT2D eigenvalue weighted by molar-refractivity contribution is 7.88. The summed E-state index contributed by atoms with van der Waals surface area (Å²) in [5, 5.41) is 2.92. The molecule has 1 N–H and O–H groups in total. The second kappa shape index (κ2) is 9.59. The summed E-state index contributed by atoms with van der Waals surface area (Å²) in [5.74, 6) is 0.0424. The lowest BCUT2D eigenvalue weighted by Gasteiger charge is -2.34. The molecule has 1 atom stereocenters. The topological polar surface area (TPSA) is 69.7 Å². The molecule has 1 amide bonds. The highest BCUT2D eigenvalue weighted by atomic mass is 32.2. The minimum Gasteiger partial charge on any atom is -0.355 e. The largest absolute Gasteiger partial charge is 0.355 e. The average molecular weight is 348 g/mol. The van der Waals surface area contributed by atoms with Gasteiger partial charge in [0, 0.05) is 25.2 Å². The van der Waals surface area contributed by atoms with E-state index in [4.69, 9.17) is 0 Å². The molecule has 7 heteroatoms. The maximum atomic E-state index is 12.1. The van der Waals surface area contributed by atoms with E-state index in [1.54, 1.807) is 0 Å². The van der Waals surface area contributed by atoms with Crippen molar-refractivity contribution in [2.45, 2.75) is 65.0 Å². The number of hydrogen-bond donors (Lipinski definition) is 1. The van der Waals surface area contributed by atoms with Gasteiger partial charge < -0.3 is 5.32 Å². The highest BCUT2D eigenvalue weighted by Gasteiger charge is 2.23. The lowest BCUT2D eigenvalue weighted by atomic mass is 10.0. The van der Waals surface area contributed by atoms with Crippen LogP contribution < -0.4 is 5.32 Å². The Morgan fingerprint density at radius 2 is 2.04 bits per heavy atom. The smallest absolute Gasteiger partial charge is 0.234 e. The number of sulfonamides is 1. The van der Waals surface area contributed by atoms with Gasteiger partial charge in [-0.1, -0.05) is 13.3 Å². The Morgan fingerprint density at radius 3 is 2.61 bits per heavy atom. The first-order chi connectivity index (χ1) is 10.8. The number of carbonyl (C=O) groups is 1. The molecule has 1 aliphatic rings. The number of amides is 1. The van der Waals surface area contributed by atoms with Crippen molar-refractivity contribution in [3.8, 4) is 0 Å². The molecule has 0 bridgehead atoms. The van der Waals surface area contributed by atoms with Crippen molar-refractivity contribution >= 4 is 15.9 Å². The van der Waals surface area contributed by atoms with Crippen molar-refractivity contribution in [2.75, 3.05) is 32.4 Å². The maximum absolute atomic E-state index is 12.1. The third-order valence-electron chi connectivity index (χ3n) is 4.45. The van der Waals surface area contributed by atoms with Gasteiger partial charge in [0.25, 0.3) is 0 Å². The SMILES string of the molecule is CCC1CCCCN1CC(=O)NCCCN(C(C)C)S(C)(=O)=O. The summed E-state index contributed by atoms with van der Waals surface area (Å²) < 4.78 is 24.8. The van der Waals surface area contributed by atoms with Crippen molar-refractivity contribution in [3.05, 3.63) is 0 Å². The third kappa shape index (κ3) is 7.18. The van der Waals surface area contributed by atoms with Gasteiger partial charge in [-0.25, -0.2) is 8.42 Å². The monoisotopic (exact) mass is 347 g/mol. The molecule has 0 aromatic carbocycles. The summed E-state index contributed by atoms with van der Waals surface area (Å²) in [6.07, 6.45) is 6.56. The first-order valence-electron chi connectivity index (χ1n) is 8.73. The van der Waals surface area contributed by atoms with Crippen LogP contribution in [0.25, 0.3) is 0 Å². The summed E-state index contributed by atoms with van der Waals surface area (Å²) in [6, 6.07) is 0.468. The molecule has 6 nitrogen and oxygen atoms in total. The predicted octanol–water partition coefficient (Wildman–Crippen LogP) is 1.43. The molecule has 1 heterocycles. The van der Waals surface area contributed by atoms with Gasteiger partial charge in [0.15, 0.2) is 0 Å². The molecule has 1 fully saturated rings. The zero-order valence-corrected chi connectivity index (χ0v) is 15.9. The Labute approximate surface area is 141 Å². The molecule has 0 aromatic rings. The van der Waals surface area contributed by atoms with Crippen LogP contribution in [0.3, 0.4) is 0 Å². The van der Waals surface area contributed by atoms with Crippen LogP contribution >= 0.6 is 0 Å². The number of hydrogen-bond acceptors (Lipinski definition) is 4. The second-order valence-electron chi connectivity index (χ2n) is 6.70. The van der Waals surface area contributed by atoms with Gasteiger partial charge in [-0.15, -0.1) is 0 Å². The van der Waals surface area contributed by atoms with Gasteiger partial charge in [0.2, 0.25) is 15.9 Å². The van der Waals surface area contributed by atoms with Crippen molar-refractivity contribution in [3.63, 3.8) is 0 Å². The molecule has 0 spiro atoms. The number of rotatable bonds is 9. The Morgan fingerprint density at radius 1 is 1.35 bits per heavy atom. The molecular weight excluding hydrogens is 314 g/mol. The molecule has 1 aliphatic heterocycles. The summed E-state index contributed by atoms with van der Waals surface area (Å²) in [7, 11) is -3.19. The van der Waals surface area contributed by atoms with Crippen LogP contribution in [0.4, 0.5) is 0 Å². The third-order valence-corrected chi connectivity index (χ3v) is 5.90. The van der Waals surface area contributed by atoms with Crippen LogP contribution in [0.1, 0.15) is 52.9 Å². The molecular formula is C16H33N3O3S. The quantitative estimate of drug-likeness (QED) is 0.641. The van der Waals surface area contributed by atoms with E-state index in [0.29, 0.717) is 32.1 Å². The Kier molecular flexibility index (Phi) is 8.50. The second-order valence-corrected chi connectivity index (χ2v) is 8.63. The van der Waals surface area contributed by atoms with Crippen molar-refractivity contribution < 1.29 is 13.2 Å². The normalized spacial score (nSPS) is 20.2. The number of likely N-dealkylation sites (tertiary alicyclic amines) is 1. The Balaban J connectivity index is 2.31. The van der Waals surface area contributed by atoms with Gasteiger partial charge >= 0.3 is 0 Å². The van der Waals surface area contributed by atoms with Gasteiger partial charge in [-0.2, -0.15) is 4.31 Å². The first-order valence-corrected chi connectivity index (χ1v) is 10.6. The van der Waals surface area contributed by atoms with Gasteiger partial charge in [-0.05, 0) is 46.1 Å². The summed E-state index contributed by atoms with van der Waals surface area (Å²) >= 11 is 0. The molecule has 136 valence electrons. The van der Waals surface area contributed by atoms with Crippen LogP contribution in [-0.4, -0.2) is 68.0 Å². The standard InChI is InChI=1S/C16H33N3O3S/c1-5-15-9-6-7-11-18(15)13-16(20)17-10-8-12-19(14(2)3)23(4,21)22/h14-15H,5-13H2,1-4H3,(H,17,20). The maximum Gasteiger partial charge on any atom is 0.234 e. The van der Waals surface area contributed by atoms with E-state index < -0.39 is 10.0 Å². The predicted molar refractivity (Wildman–Crippen MR) is 93.8 cm³/mol. The lowest BCUT2D eigenvalue weighted by molar-refractivity contribution is -0.123. The molecule has 1 saturated heterocycles. The molecule has 0 aliphatic carbocycles. The minimum absolute atomic E-state index is 0.0424. The van der Waals surface area contributed by atoms with Crippen LogP contribution in [-0.2, 0) is 14.8 Å². The minimum atomic E-state index is -3.19. The van der Waals surface area contributed by atoms with E-state index in [1.807, 2.05) is 13.8 Å². The zero-order valence-electron chi connectivity index (χ0n) is 15.0. The number of nitrogens with zero attached hydrogens (tertiary/aromatic N) is 2. The molecule has 23 heavy (non-hydrogen) atoms. The van der Waals surface area contributed by atoms with Crippen LogP contribution in [0.15, 0.2) is 0 Å². The fourth-order valence-corrected chi connectivity index (χ4v) is 4.47. The Hall–Kier alpha value is -0.660. The zero-order chi connectivity index (χ0) is 17.5. The van der Waals surface area contributed by atoms with E-state index in [9.17, 15) is 13.2 Å². The summed E-state index contributed by atoms with van der Waals surface area (Å²) in [5.41, 5.74) is 0. The van der Waals surface area contributed by atoms with Crippen LogP contribution in [0.2, 0.25) is 0 Å². The summed E-state index contributed by atoms with van der Waals surface area (Å²) in [6.45, 7) is 8.31. The molecule has 0 radical (unpaired) electrons. The van der Waals surface area contributed by atoms with Gasteiger partial charge in [0.1, 0.15) is 0 Å². The lowest BCUT2D eigenvalue weighted by Crippen LogP contribution is -2.45. The van der Waals surface area contributed by atoms with E-state index in [-0.39, 0.29) is 11.9 Å². The van der Waals surface area contributed by atoms with Crippen LogP contribution in [0, 0.1) is 0 Å². The van der Waals surface area contributed by atoms with Gasteiger partial charge in [-0.3, -0.25) is 9.69 Å². The average Bonchev–Trinajstić information content (AvgIpc) is 2.45.